The Hall–Kier alpha value is -4.83. The quantitative estimate of drug-likeness (QED) is 0.0195. The zero-order valence-electron chi connectivity index (χ0n) is 67.7. The van der Waals surface area contributed by atoms with Crippen LogP contribution in [-0.4, -0.2) is 82.3 Å². The van der Waals surface area contributed by atoms with Gasteiger partial charge in [-0.05, 0) is 122 Å². The van der Waals surface area contributed by atoms with Crippen molar-refractivity contribution >= 4 is 17.9 Å². The number of carboxylic acid groups (broad SMARTS) is 1. The molecule has 0 rings (SSSR count). The molecular formula is C94H161NO8. The number of unbranched alkanes of at least 4 members (excludes halogenated alkanes) is 40. The minimum absolute atomic E-state index is 0.139. The van der Waals surface area contributed by atoms with Crippen LogP contribution in [0.25, 0.3) is 0 Å². The van der Waals surface area contributed by atoms with Crippen molar-refractivity contribution in [3.63, 3.8) is 0 Å². The highest BCUT2D eigenvalue weighted by atomic mass is 16.7. The van der Waals surface area contributed by atoms with Crippen LogP contribution in [0.3, 0.4) is 0 Å². The van der Waals surface area contributed by atoms with Gasteiger partial charge in [-0.1, -0.05) is 384 Å². The van der Waals surface area contributed by atoms with Gasteiger partial charge in [0.25, 0.3) is 0 Å². The third-order valence-electron chi connectivity index (χ3n) is 18.6. The molecule has 0 N–H and O–H groups in total. The Labute approximate surface area is 636 Å². The summed E-state index contributed by atoms with van der Waals surface area (Å²) in [5, 5.41) is 11.9. The van der Waals surface area contributed by atoms with Crippen LogP contribution < -0.4 is 5.11 Å². The third kappa shape index (κ3) is 84.3. The van der Waals surface area contributed by atoms with Crippen molar-refractivity contribution in [1.82, 2.24) is 0 Å². The number of carbonyl (C=O) groups excluding carboxylic acids is 3. The highest BCUT2D eigenvalue weighted by molar-refractivity contribution is 5.70. The molecule has 0 bridgehead atoms. The van der Waals surface area contributed by atoms with Crippen molar-refractivity contribution in [2.45, 2.75) is 386 Å². The molecule has 9 nitrogen and oxygen atoms in total. The highest BCUT2D eigenvalue weighted by Gasteiger charge is 2.22. The van der Waals surface area contributed by atoms with Crippen LogP contribution in [0.4, 0.5) is 0 Å². The van der Waals surface area contributed by atoms with Gasteiger partial charge in [-0.2, -0.15) is 0 Å². The largest absolute Gasteiger partial charge is 0.545 e. The lowest BCUT2D eigenvalue weighted by atomic mass is 10.0. The number of quaternary nitrogens is 1. The van der Waals surface area contributed by atoms with Crippen molar-refractivity contribution in [3.8, 4) is 0 Å². The molecule has 0 saturated carbocycles. The van der Waals surface area contributed by atoms with Crippen LogP contribution in [-0.2, 0) is 33.3 Å². The average Bonchev–Trinajstić information content (AvgIpc) is 1.16. The second kappa shape index (κ2) is 82.8. The molecule has 0 aliphatic heterocycles. The molecule has 0 heterocycles. The Bertz CT molecular complexity index is 2220. The zero-order chi connectivity index (χ0) is 74.6. The smallest absolute Gasteiger partial charge is 0.306 e. The van der Waals surface area contributed by atoms with E-state index in [2.05, 4.69) is 160 Å². The number of aliphatic carboxylic acids is 1. The maximum absolute atomic E-state index is 13.0. The minimum atomic E-state index is -1.63. The molecule has 0 fully saturated rings. The van der Waals surface area contributed by atoms with Crippen molar-refractivity contribution in [2.75, 3.05) is 47.5 Å². The fourth-order valence-electron chi connectivity index (χ4n) is 12.1. The van der Waals surface area contributed by atoms with Gasteiger partial charge in [0.2, 0.25) is 0 Å². The number of nitrogens with zero attached hydrogens (tertiary/aromatic N) is 1. The lowest BCUT2D eigenvalue weighted by Gasteiger charge is -2.26. The standard InChI is InChI=1S/C94H161NO8/c1-6-8-10-12-14-16-18-20-22-24-26-28-30-32-34-36-38-40-42-44-45-46-47-49-50-52-54-56-58-60-62-64-66-68-70-72-74-76-78-80-82-84-91(96)101-88-90(89-102-94(93(98)99)100-87-86-95(3,4)5)103-92(97)85-83-81-79-77-75-73-71-69-67-65-63-61-59-57-55-53-51-48-43-41-39-37-35-33-31-29-27-25-23-21-19-17-15-13-11-9-7-2/h9,11,15,17-18,20-21,23-24,26-27,29,33,35,39,41,48,51,55,57,61,63,67,69,90,94H,6-8,10,12-14,16,19,22,25,28,30-32,34,36-38,40,42-47,49-50,52-54,56,58-60,62,64-66,68,70-89H2,1-5H3/b11-9-,17-15-,20-18-,23-21-,26-24-,29-27-,35-33-,41-39-,51-48-,57-55-,63-61-,69-67-. The SMILES string of the molecule is CC/C=C\C/C=C\C/C=C\C/C=C\C/C=C\C/C=C\C/C=C\C/C=C\C/C=C\C/C=C\CCCCCCCCC(=O)OC(COC(=O)CCCCCCCCCCCCCCCCCCCCCCCCCCCCCCC/C=C\C/C=C\CCCCCCC)COC(OCC[N+](C)(C)C)C(=O)[O-]. The van der Waals surface area contributed by atoms with Gasteiger partial charge in [0.1, 0.15) is 13.2 Å². The van der Waals surface area contributed by atoms with Gasteiger partial charge in [-0.3, -0.25) is 9.59 Å². The third-order valence-corrected chi connectivity index (χ3v) is 18.6. The summed E-state index contributed by atoms with van der Waals surface area (Å²) < 4.78 is 22.9. The summed E-state index contributed by atoms with van der Waals surface area (Å²) in [4.78, 5) is 37.7. The Morgan fingerprint density at radius 3 is 0.825 bits per heavy atom. The van der Waals surface area contributed by atoms with Gasteiger partial charge in [-0.15, -0.1) is 0 Å². The fraction of sp³-hybridized carbons (Fsp3) is 0.713. The molecule has 2 atom stereocenters. The Kier molecular flexibility index (Phi) is 78.9. The van der Waals surface area contributed by atoms with Crippen molar-refractivity contribution in [1.29, 1.82) is 0 Å². The molecule has 0 aliphatic carbocycles. The second-order valence-corrected chi connectivity index (χ2v) is 29.7. The van der Waals surface area contributed by atoms with Gasteiger partial charge in [0, 0.05) is 12.8 Å². The Morgan fingerprint density at radius 1 is 0.301 bits per heavy atom. The number of hydrogen-bond donors (Lipinski definition) is 0. The minimum Gasteiger partial charge on any atom is -0.545 e. The predicted octanol–water partition coefficient (Wildman–Crippen LogP) is 26.8. The van der Waals surface area contributed by atoms with Crippen LogP contribution in [0.1, 0.15) is 373 Å². The van der Waals surface area contributed by atoms with E-state index >= 15 is 0 Å². The van der Waals surface area contributed by atoms with E-state index in [1.54, 1.807) is 0 Å². The highest BCUT2D eigenvalue weighted by Crippen LogP contribution is 2.19. The maximum atomic E-state index is 13.0. The van der Waals surface area contributed by atoms with Crippen molar-refractivity contribution in [3.05, 3.63) is 146 Å². The predicted molar refractivity (Wildman–Crippen MR) is 444 cm³/mol. The van der Waals surface area contributed by atoms with Gasteiger partial charge in [0.15, 0.2) is 12.4 Å². The number of likely N-dealkylation sites (N-methyl/N-ethyl adjacent to an activating group) is 1. The summed E-state index contributed by atoms with van der Waals surface area (Å²) in [7, 11) is 5.93. The molecule has 0 aromatic carbocycles. The van der Waals surface area contributed by atoms with E-state index in [0.717, 1.165) is 128 Å². The van der Waals surface area contributed by atoms with Crippen molar-refractivity contribution < 1.29 is 42.9 Å². The first kappa shape index (κ1) is 98.2. The topological polar surface area (TPSA) is 111 Å². The molecule has 0 aromatic rings. The summed E-state index contributed by atoms with van der Waals surface area (Å²) in [5.74, 6) is -2.30. The molecule has 590 valence electrons. The number of carboxylic acids is 1. The van der Waals surface area contributed by atoms with Crippen LogP contribution in [0, 0.1) is 0 Å². The van der Waals surface area contributed by atoms with E-state index < -0.39 is 24.3 Å². The lowest BCUT2D eigenvalue weighted by Crippen LogP contribution is -2.44. The monoisotopic (exact) mass is 1430 g/mol. The number of carbonyl (C=O) groups is 3. The molecule has 2 unspecified atom stereocenters. The van der Waals surface area contributed by atoms with E-state index in [1.165, 1.54) is 212 Å². The summed E-state index contributed by atoms with van der Waals surface area (Å²) in [6.07, 6.45) is 119. The normalized spacial score (nSPS) is 13.4. The molecule has 9 heteroatoms. The van der Waals surface area contributed by atoms with Gasteiger partial charge < -0.3 is 33.3 Å². The van der Waals surface area contributed by atoms with Crippen LogP contribution >= 0.6 is 0 Å². The molecule has 0 saturated heterocycles. The van der Waals surface area contributed by atoms with Crippen molar-refractivity contribution in [2.24, 2.45) is 0 Å². The second-order valence-electron chi connectivity index (χ2n) is 29.7. The first-order valence-electron chi connectivity index (χ1n) is 43.0. The summed E-state index contributed by atoms with van der Waals surface area (Å²) in [5.41, 5.74) is 0. The first-order chi connectivity index (χ1) is 50.6. The van der Waals surface area contributed by atoms with E-state index in [1.807, 2.05) is 21.1 Å². The number of hydrogen-bond acceptors (Lipinski definition) is 8. The molecule has 0 amide bonds. The lowest BCUT2D eigenvalue weighted by molar-refractivity contribution is -0.870. The molecule has 103 heavy (non-hydrogen) atoms. The van der Waals surface area contributed by atoms with E-state index in [0.29, 0.717) is 17.4 Å². The van der Waals surface area contributed by atoms with Crippen LogP contribution in [0.5, 0.6) is 0 Å². The van der Waals surface area contributed by atoms with E-state index in [-0.39, 0.29) is 38.6 Å². The first-order valence-corrected chi connectivity index (χ1v) is 43.0. The molecule has 0 radical (unpaired) electrons. The number of ether oxygens (including phenoxy) is 4. The summed E-state index contributed by atoms with van der Waals surface area (Å²) in [6, 6.07) is 0. The van der Waals surface area contributed by atoms with E-state index in [4.69, 9.17) is 18.9 Å². The molecule has 0 aliphatic rings. The van der Waals surface area contributed by atoms with E-state index in [9.17, 15) is 19.5 Å². The average molecular weight is 1430 g/mol. The summed E-state index contributed by atoms with van der Waals surface area (Å²) >= 11 is 0. The Morgan fingerprint density at radius 2 is 0.553 bits per heavy atom. The fourth-order valence-corrected chi connectivity index (χ4v) is 12.1. The number of esters is 2. The Balaban J connectivity index is 4.03. The van der Waals surface area contributed by atoms with Crippen LogP contribution in [0.2, 0.25) is 0 Å². The maximum Gasteiger partial charge on any atom is 0.306 e. The van der Waals surface area contributed by atoms with Gasteiger partial charge in [0.05, 0.1) is 40.3 Å². The number of rotatable bonds is 79. The molecular weight excluding hydrogens is 1270 g/mol. The van der Waals surface area contributed by atoms with Gasteiger partial charge >= 0.3 is 11.9 Å². The number of allylic oxidation sites excluding steroid dienone is 24. The van der Waals surface area contributed by atoms with Crippen LogP contribution in [0.15, 0.2) is 146 Å². The van der Waals surface area contributed by atoms with Gasteiger partial charge in [-0.25, -0.2) is 0 Å². The molecule has 0 spiro atoms. The zero-order valence-corrected chi connectivity index (χ0v) is 67.7. The molecule has 0 aromatic heterocycles. The summed E-state index contributed by atoms with van der Waals surface area (Å²) in [6.45, 7) is 4.63.